The van der Waals surface area contributed by atoms with Crippen molar-refractivity contribution in [3.05, 3.63) is 58.3 Å². The molecule has 1 aromatic carbocycles. The summed E-state index contributed by atoms with van der Waals surface area (Å²) in [6.45, 7) is 4.25. The van der Waals surface area contributed by atoms with E-state index >= 15 is 0 Å². The van der Waals surface area contributed by atoms with Gasteiger partial charge in [0.15, 0.2) is 0 Å². The molecule has 1 atom stereocenters. The molecule has 0 N–H and O–H groups in total. The molecule has 2 aromatic heterocycles. The number of alkyl halides is 3. The summed E-state index contributed by atoms with van der Waals surface area (Å²) in [7, 11) is 1.61. The van der Waals surface area contributed by atoms with E-state index in [4.69, 9.17) is 16.9 Å². The number of rotatable bonds is 3. The minimum absolute atomic E-state index is 0.0729. The molecule has 0 aliphatic carbocycles. The number of nitrogens with zero attached hydrogens (tertiary/aromatic N) is 6. The Hall–Kier alpha value is -3.32. The highest BCUT2D eigenvalue weighted by atomic mass is 35.5. The molecule has 0 radical (unpaired) electrons. The lowest BCUT2D eigenvalue weighted by Crippen LogP contribution is -2.44. The fourth-order valence-corrected chi connectivity index (χ4v) is 4.53. The Labute approximate surface area is 199 Å². The minimum atomic E-state index is -4.47. The van der Waals surface area contributed by atoms with Crippen molar-refractivity contribution in [2.24, 2.45) is 7.05 Å². The van der Waals surface area contributed by atoms with Crippen LogP contribution in [0.3, 0.4) is 0 Å². The fourth-order valence-electron chi connectivity index (χ4n) is 4.18. The van der Waals surface area contributed by atoms with Gasteiger partial charge in [0.05, 0.1) is 35.1 Å². The summed E-state index contributed by atoms with van der Waals surface area (Å²) in [5.74, 6) is -0.452. The number of imidazole rings is 1. The van der Waals surface area contributed by atoms with Crippen molar-refractivity contribution in [3.8, 4) is 17.3 Å². The van der Waals surface area contributed by atoms with Gasteiger partial charge in [0.25, 0.3) is 5.91 Å². The molecule has 1 aliphatic rings. The van der Waals surface area contributed by atoms with Gasteiger partial charge in [-0.15, -0.1) is 0 Å². The Balaban J connectivity index is 1.65. The first kappa shape index (κ1) is 23.8. The molecule has 3 heterocycles. The van der Waals surface area contributed by atoms with E-state index in [1.54, 1.807) is 42.8 Å². The van der Waals surface area contributed by atoms with Crippen molar-refractivity contribution in [1.82, 2.24) is 24.2 Å². The molecule has 0 spiro atoms. The first-order valence-electron chi connectivity index (χ1n) is 10.5. The highest BCUT2D eigenvalue weighted by Crippen LogP contribution is 2.42. The Morgan fingerprint density at radius 2 is 1.88 bits per heavy atom. The first-order valence-corrected chi connectivity index (χ1v) is 10.9. The second kappa shape index (κ2) is 8.17. The zero-order chi connectivity index (χ0) is 25.0. The first-order chi connectivity index (χ1) is 15.9. The number of fused-ring (bicyclic) bond motifs is 1. The highest BCUT2D eigenvalue weighted by Gasteiger charge is 2.52. The third-order valence-corrected chi connectivity index (χ3v) is 6.54. The molecule has 4 rings (SSSR count). The molecule has 0 unspecified atom stereocenters. The lowest BCUT2D eigenvalue weighted by atomic mass is 9.91. The number of halogens is 4. The van der Waals surface area contributed by atoms with E-state index in [2.05, 4.69) is 10.1 Å². The number of aryl methyl sites for hydroxylation is 1. The Bertz CT molecular complexity index is 1300. The second-order valence-corrected chi connectivity index (χ2v) is 9.30. The maximum Gasteiger partial charge on any atom is 0.400 e. The summed E-state index contributed by atoms with van der Waals surface area (Å²) in [4.78, 5) is 19.1. The maximum absolute atomic E-state index is 13.6. The molecule has 0 bridgehead atoms. The number of amides is 1. The number of benzene rings is 1. The van der Waals surface area contributed by atoms with Crippen molar-refractivity contribution < 1.29 is 18.0 Å². The van der Waals surface area contributed by atoms with Crippen LogP contribution >= 0.6 is 11.6 Å². The molecule has 0 saturated carbocycles. The predicted octanol–water partition coefficient (Wildman–Crippen LogP) is 4.87. The fraction of sp³-hybridized carbons (Fsp3) is 0.391. The summed E-state index contributed by atoms with van der Waals surface area (Å²) in [5.41, 5.74) is 0.109. The van der Waals surface area contributed by atoms with Gasteiger partial charge in [-0.25, -0.2) is 4.98 Å². The van der Waals surface area contributed by atoms with Gasteiger partial charge in [-0.05, 0) is 32.9 Å². The van der Waals surface area contributed by atoms with Crippen LogP contribution in [-0.4, -0.2) is 42.9 Å². The van der Waals surface area contributed by atoms with E-state index in [0.717, 1.165) is 13.8 Å². The Morgan fingerprint density at radius 1 is 1.24 bits per heavy atom. The minimum Gasteiger partial charge on any atom is -0.329 e. The van der Waals surface area contributed by atoms with Gasteiger partial charge in [-0.1, -0.05) is 23.7 Å². The zero-order valence-electron chi connectivity index (χ0n) is 19.0. The Morgan fingerprint density at radius 3 is 2.47 bits per heavy atom. The third-order valence-electron chi connectivity index (χ3n) is 6.19. The van der Waals surface area contributed by atoms with Crippen LogP contribution in [0, 0.1) is 11.3 Å². The molecular formula is C23H22ClF3N6O. The predicted molar refractivity (Wildman–Crippen MR) is 119 cm³/mol. The number of carbonyl (C=O) groups excluding carboxylic acids is 1. The van der Waals surface area contributed by atoms with E-state index in [9.17, 15) is 18.0 Å². The van der Waals surface area contributed by atoms with Crippen LogP contribution < -0.4 is 0 Å². The summed E-state index contributed by atoms with van der Waals surface area (Å²) >= 11 is 6.56. The topological polar surface area (TPSA) is 79.7 Å². The van der Waals surface area contributed by atoms with Gasteiger partial charge >= 0.3 is 6.18 Å². The van der Waals surface area contributed by atoms with Crippen molar-refractivity contribution >= 4 is 17.5 Å². The van der Waals surface area contributed by atoms with Crippen LogP contribution in [0.5, 0.6) is 0 Å². The van der Waals surface area contributed by atoms with Crippen LogP contribution in [0.1, 0.15) is 54.4 Å². The number of hydrogen-bond donors (Lipinski definition) is 0. The van der Waals surface area contributed by atoms with Gasteiger partial charge in [0.1, 0.15) is 22.6 Å². The van der Waals surface area contributed by atoms with Gasteiger partial charge in [0, 0.05) is 25.2 Å². The van der Waals surface area contributed by atoms with E-state index in [1.165, 1.54) is 15.8 Å². The summed E-state index contributed by atoms with van der Waals surface area (Å²) in [5, 5.41) is 13.5. The van der Waals surface area contributed by atoms with Gasteiger partial charge in [0.2, 0.25) is 0 Å². The van der Waals surface area contributed by atoms with E-state index < -0.39 is 17.6 Å². The number of aromatic nitrogens is 4. The van der Waals surface area contributed by atoms with E-state index in [0.29, 0.717) is 22.5 Å². The van der Waals surface area contributed by atoms with Crippen LogP contribution in [0.25, 0.3) is 11.3 Å². The second-order valence-electron chi connectivity index (χ2n) is 8.92. The number of nitriles is 1. The molecule has 7 nitrogen and oxygen atoms in total. The lowest BCUT2D eigenvalue weighted by molar-refractivity contribution is -0.183. The number of carbonyl (C=O) groups is 1. The van der Waals surface area contributed by atoms with Crippen molar-refractivity contribution in [1.29, 1.82) is 5.26 Å². The largest absolute Gasteiger partial charge is 0.400 e. The Kier molecular flexibility index (Phi) is 5.72. The van der Waals surface area contributed by atoms with Crippen LogP contribution in [0.4, 0.5) is 13.2 Å². The van der Waals surface area contributed by atoms with Gasteiger partial charge < -0.3 is 9.47 Å². The summed E-state index contributed by atoms with van der Waals surface area (Å²) in [6.07, 6.45) is -3.07. The molecule has 178 valence electrons. The van der Waals surface area contributed by atoms with Crippen LogP contribution in [0.15, 0.2) is 30.5 Å². The average molecular weight is 491 g/mol. The number of hydrogen-bond acceptors (Lipinski definition) is 4. The third kappa shape index (κ3) is 3.74. The molecule has 34 heavy (non-hydrogen) atoms. The quantitative estimate of drug-likeness (QED) is 0.525. The molecule has 1 aliphatic heterocycles. The van der Waals surface area contributed by atoms with Crippen LogP contribution in [-0.2, 0) is 19.0 Å². The average Bonchev–Trinajstić information content (AvgIpc) is 3.34. The molecular weight excluding hydrogens is 469 g/mol. The monoisotopic (exact) mass is 490 g/mol. The lowest BCUT2D eigenvalue weighted by Gasteiger charge is -2.36. The van der Waals surface area contributed by atoms with E-state index in [1.807, 2.05) is 6.07 Å². The highest BCUT2D eigenvalue weighted by molar-refractivity contribution is 6.36. The van der Waals surface area contributed by atoms with Crippen LogP contribution in [0.2, 0.25) is 5.02 Å². The molecule has 11 heteroatoms. The van der Waals surface area contributed by atoms with E-state index in [-0.39, 0.29) is 35.5 Å². The standard InChI is InChI=1S/C23H22ClF3N6O/c1-13-11-32(12-16-10-29-21(33(13)16)22(2,3)23(25,26)27)20(34)19-17(24)18(30-31(19)4)15-7-5-14(9-28)6-8-15/h5-8,10,13H,11-12H2,1-4H3/t13-/m0/s1. The molecule has 1 amide bonds. The maximum atomic E-state index is 13.6. The van der Waals surface area contributed by atoms with Crippen molar-refractivity contribution in [3.63, 3.8) is 0 Å². The van der Waals surface area contributed by atoms with Gasteiger partial charge in [-0.3, -0.25) is 9.48 Å². The summed E-state index contributed by atoms with van der Waals surface area (Å²) < 4.78 is 43.9. The van der Waals surface area contributed by atoms with Gasteiger partial charge in [-0.2, -0.15) is 23.5 Å². The molecule has 0 saturated heterocycles. The normalized spacial score (nSPS) is 16.3. The van der Waals surface area contributed by atoms with Crippen molar-refractivity contribution in [2.45, 2.75) is 44.9 Å². The zero-order valence-corrected chi connectivity index (χ0v) is 19.7. The SMILES string of the molecule is C[C@H]1CN(C(=O)c2c(Cl)c(-c3ccc(C#N)cc3)nn2C)Cc2cnc(C(C)(C)C(F)(F)F)n21. The smallest absolute Gasteiger partial charge is 0.329 e. The molecule has 3 aromatic rings. The summed E-state index contributed by atoms with van der Waals surface area (Å²) in [6, 6.07) is 8.29. The molecule has 0 fully saturated rings. The van der Waals surface area contributed by atoms with Crippen molar-refractivity contribution in [2.75, 3.05) is 6.54 Å².